The summed E-state index contributed by atoms with van der Waals surface area (Å²) in [5, 5.41) is 12.0. The highest BCUT2D eigenvalue weighted by molar-refractivity contribution is 6.44. The molecule has 1 saturated heterocycles. The van der Waals surface area contributed by atoms with Crippen molar-refractivity contribution in [3.63, 3.8) is 0 Å². The van der Waals surface area contributed by atoms with E-state index in [0.717, 1.165) is 0 Å². The van der Waals surface area contributed by atoms with E-state index in [1.54, 1.807) is 4.90 Å². The number of carbonyl (C=O) groups is 2. The minimum Gasteiger partial charge on any atom is -0.478 e. The van der Waals surface area contributed by atoms with E-state index in [4.69, 9.17) is 9.84 Å². The van der Waals surface area contributed by atoms with Crippen LogP contribution < -0.4 is 0 Å². The van der Waals surface area contributed by atoms with E-state index in [1.807, 2.05) is 0 Å². The van der Waals surface area contributed by atoms with Gasteiger partial charge < -0.3 is 19.6 Å². The molecule has 2 rings (SSSR count). The average Bonchev–Trinajstić information content (AvgIpc) is 2.71. The van der Waals surface area contributed by atoms with Gasteiger partial charge in [0, 0.05) is 6.54 Å². The number of rotatable bonds is 1. The number of hydrogen-bond acceptors (Lipinski definition) is 6. The Hall–Kier alpha value is -1.63. The van der Waals surface area contributed by atoms with Gasteiger partial charge in [0.2, 0.25) is 5.84 Å². The first-order chi connectivity index (χ1) is 6.70. The molecule has 1 atom stereocenters. The number of amidine groups is 1. The quantitative estimate of drug-likeness (QED) is 0.526. The maximum atomic E-state index is 11.4. The van der Waals surface area contributed by atoms with Crippen LogP contribution in [-0.4, -0.2) is 53.6 Å². The van der Waals surface area contributed by atoms with Crippen molar-refractivity contribution in [2.24, 2.45) is 5.16 Å². The van der Waals surface area contributed by atoms with Crippen LogP contribution in [0.3, 0.4) is 0 Å². The van der Waals surface area contributed by atoms with Gasteiger partial charge in [-0.2, -0.15) is 0 Å². The lowest BCUT2D eigenvalue weighted by molar-refractivity contribution is -0.152. The molecule has 0 amide bonds. The summed E-state index contributed by atoms with van der Waals surface area (Å²) in [6, 6.07) is 0. The largest absolute Gasteiger partial charge is 0.478 e. The van der Waals surface area contributed by atoms with E-state index in [9.17, 15) is 9.59 Å². The molecule has 1 fully saturated rings. The molecule has 0 aliphatic carbocycles. The van der Waals surface area contributed by atoms with Crippen LogP contribution in [0.25, 0.3) is 0 Å². The first-order valence-electron chi connectivity index (χ1n) is 4.03. The predicted octanol–water partition coefficient (Wildman–Crippen LogP) is -1.36. The van der Waals surface area contributed by atoms with Gasteiger partial charge in [-0.05, 0) is 0 Å². The first kappa shape index (κ1) is 8.95. The number of carbonyl (C=O) groups excluding carboxylic acids is 1. The summed E-state index contributed by atoms with van der Waals surface area (Å²) in [4.78, 5) is 27.9. The summed E-state index contributed by atoms with van der Waals surface area (Å²) >= 11 is 0. The molecule has 0 saturated carbocycles. The molecule has 0 aromatic carbocycles. The van der Waals surface area contributed by atoms with Crippen LogP contribution in [0.4, 0.5) is 0 Å². The Labute approximate surface area is 78.9 Å². The Bertz CT molecular complexity index is 307. The number of carboxylic acid groups (broad SMARTS) is 1. The molecule has 2 aliphatic heterocycles. The summed E-state index contributed by atoms with van der Waals surface area (Å²) in [5.41, 5.74) is 0. The third kappa shape index (κ3) is 1.31. The highest BCUT2D eigenvalue weighted by atomic mass is 16.7. The average molecular weight is 200 g/mol. The molecular weight excluding hydrogens is 192 g/mol. The van der Waals surface area contributed by atoms with Crippen molar-refractivity contribution in [3.8, 4) is 0 Å². The van der Waals surface area contributed by atoms with Crippen LogP contribution in [0.1, 0.15) is 0 Å². The van der Waals surface area contributed by atoms with Gasteiger partial charge in [-0.15, -0.1) is 0 Å². The number of aliphatic carboxylic acids is 1. The Morgan fingerprint density at radius 1 is 1.64 bits per heavy atom. The predicted molar refractivity (Wildman–Crippen MR) is 42.5 cm³/mol. The smallest absolute Gasteiger partial charge is 0.356 e. The van der Waals surface area contributed by atoms with Gasteiger partial charge >= 0.3 is 5.97 Å². The molecule has 1 unspecified atom stereocenters. The number of carboxylic acids is 1. The van der Waals surface area contributed by atoms with Gasteiger partial charge in [0.1, 0.15) is 6.73 Å². The molecule has 2 heterocycles. The second-order valence-corrected chi connectivity index (χ2v) is 2.90. The molecule has 1 N–H and O–H groups in total. The Balaban J connectivity index is 2.08. The summed E-state index contributed by atoms with van der Waals surface area (Å²) in [6.07, 6.45) is -1.49. The number of ether oxygens (including phenoxy) is 1. The molecule has 0 aromatic heterocycles. The zero-order valence-electron chi connectivity index (χ0n) is 7.17. The molecule has 76 valence electrons. The van der Waals surface area contributed by atoms with Gasteiger partial charge in [-0.3, -0.25) is 4.79 Å². The lowest BCUT2D eigenvalue weighted by Crippen LogP contribution is -2.39. The van der Waals surface area contributed by atoms with Crippen molar-refractivity contribution < 1.29 is 24.3 Å². The molecule has 0 spiro atoms. The van der Waals surface area contributed by atoms with Crippen LogP contribution in [0.2, 0.25) is 0 Å². The van der Waals surface area contributed by atoms with Crippen molar-refractivity contribution in [2.75, 3.05) is 19.9 Å². The number of nitrogens with zero attached hydrogens (tertiary/aromatic N) is 2. The fourth-order valence-electron chi connectivity index (χ4n) is 1.26. The highest BCUT2D eigenvalue weighted by Gasteiger charge is 2.41. The third-order valence-corrected chi connectivity index (χ3v) is 1.98. The molecule has 2 aliphatic rings. The van der Waals surface area contributed by atoms with E-state index in [2.05, 4.69) is 9.99 Å². The van der Waals surface area contributed by atoms with Gasteiger partial charge in [0.25, 0.3) is 11.9 Å². The van der Waals surface area contributed by atoms with Gasteiger partial charge in [0.05, 0.1) is 6.61 Å². The van der Waals surface area contributed by atoms with E-state index in [-0.39, 0.29) is 12.6 Å². The van der Waals surface area contributed by atoms with Crippen molar-refractivity contribution in [3.05, 3.63) is 0 Å². The van der Waals surface area contributed by atoms with E-state index in [1.165, 1.54) is 0 Å². The zero-order valence-corrected chi connectivity index (χ0v) is 7.17. The van der Waals surface area contributed by atoms with Crippen LogP contribution in [0.15, 0.2) is 5.16 Å². The summed E-state index contributed by atoms with van der Waals surface area (Å²) in [7, 11) is 0. The second kappa shape index (κ2) is 3.26. The normalized spacial score (nSPS) is 26.3. The minimum absolute atomic E-state index is 0.0369. The van der Waals surface area contributed by atoms with Crippen LogP contribution >= 0.6 is 0 Å². The molecule has 7 nitrogen and oxygen atoms in total. The van der Waals surface area contributed by atoms with Crippen LogP contribution in [-0.2, 0) is 19.2 Å². The van der Waals surface area contributed by atoms with E-state index in [0.29, 0.717) is 13.2 Å². The standard InChI is InChI=1S/C7H8N2O5/c10-4-5(7(11)12)14-8-6(4)9-1-2-13-3-9/h5H,1-3H2,(H,11,12). The maximum absolute atomic E-state index is 11.4. The van der Waals surface area contributed by atoms with Crippen LogP contribution in [0, 0.1) is 0 Å². The number of hydrogen-bond donors (Lipinski definition) is 1. The van der Waals surface area contributed by atoms with E-state index < -0.39 is 17.9 Å². The van der Waals surface area contributed by atoms with Crippen LogP contribution in [0.5, 0.6) is 0 Å². The number of ketones is 1. The molecule has 14 heavy (non-hydrogen) atoms. The minimum atomic E-state index is -1.49. The van der Waals surface area contributed by atoms with Gasteiger partial charge in [-0.1, -0.05) is 5.16 Å². The molecule has 0 radical (unpaired) electrons. The fourth-order valence-corrected chi connectivity index (χ4v) is 1.26. The highest BCUT2D eigenvalue weighted by Crippen LogP contribution is 2.12. The lowest BCUT2D eigenvalue weighted by atomic mass is 10.2. The first-order valence-corrected chi connectivity index (χ1v) is 4.03. The molecular formula is C7H8N2O5. The van der Waals surface area contributed by atoms with Crippen molar-refractivity contribution in [1.29, 1.82) is 0 Å². The number of Topliss-reactive ketones (excluding diaryl/α,β-unsaturated/α-hetero) is 1. The lowest BCUT2D eigenvalue weighted by Gasteiger charge is -2.11. The summed E-state index contributed by atoms with van der Waals surface area (Å²) in [6.45, 7) is 1.28. The maximum Gasteiger partial charge on any atom is 0.356 e. The number of oxime groups is 1. The van der Waals surface area contributed by atoms with Gasteiger partial charge in [-0.25, -0.2) is 4.79 Å². The monoisotopic (exact) mass is 200 g/mol. The van der Waals surface area contributed by atoms with Crippen molar-refractivity contribution in [1.82, 2.24) is 4.90 Å². The van der Waals surface area contributed by atoms with Crippen molar-refractivity contribution >= 4 is 17.6 Å². The second-order valence-electron chi connectivity index (χ2n) is 2.90. The Kier molecular flexibility index (Phi) is 2.08. The SMILES string of the molecule is O=C(O)C1ON=C(N2CCOC2)C1=O. The van der Waals surface area contributed by atoms with Gasteiger partial charge in [0.15, 0.2) is 0 Å². The third-order valence-electron chi connectivity index (χ3n) is 1.98. The molecule has 0 bridgehead atoms. The summed E-state index contributed by atoms with van der Waals surface area (Å²) in [5.74, 6) is -1.91. The Morgan fingerprint density at radius 2 is 2.43 bits per heavy atom. The molecule has 7 heteroatoms. The summed E-state index contributed by atoms with van der Waals surface area (Å²) < 4.78 is 5.00. The topological polar surface area (TPSA) is 88.4 Å². The Morgan fingerprint density at radius 3 is 2.93 bits per heavy atom. The van der Waals surface area contributed by atoms with E-state index >= 15 is 0 Å². The van der Waals surface area contributed by atoms with Crippen molar-refractivity contribution in [2.45, 2.75) is 6.10 Å². The molecule has 0 aromatic rings. The fraction of sp³-hybridized carbons (Fsp3) is 0.571. The zero-order chi connectivity index (χ0) is 10.1.